The fourth-order valence-electron chi connectivity index (χ4n) is 0.422. The Kier molecular flexibility index (Phi) is 4.97. The molecule has 1 radical (unpaired) electrons. The molecule has 0 spiro atoms. The van der Waals surface area contributed by atoms with Crippen LogP contribution in [0.1, 0.15) is 19.8 Å². The molecule has 0 atom stereocenters. The maximum atomic E-state index is 5.30. The fraction of sp³-hybridized carbons (Fsp3) is 0.833. The zero-order chi connectivity index (χ0) is 7.11. The minimum atomic E-state index is 0.406. The molecule has 9 heavy (non-hydrogen) atoms. The van der Waals surface area contributed by atoms with E-state index in [0.717, 1.165) is 19.4 Å². The Balaban J connectivity index is 3.21. The molecule has 0 aliphatic rings. The molecule has 0 fully saturated rings. The van der Waals surface area contributed by atoms with E-state index in [2.05, 4.69) is 17.2 Å². The van der Waals surface area contributed by atoms with Gasteiger partial charge in [0.05, 0.1) is 0 Å². The third-order valence-electron chi connectivity index (χ3n) is 1.01. The van der Waals surface area contributed by atoms with E-state index in [1.54, 1.807) is 7.05 Å². The molecule has 0 aromatic rings. The molecule has 0 aliphatic heterocycles. The first-order valence-corrected chi connectivity index (χ1v) is 3.21. The van der Waals surface area contributed by atoms with Crippen molar-refractivity contribution < 1.29 is 0 Å². The Hall–Kier alpha value is -0.730. The monoisotopic (exact) mass is 128 g/mol. The van der Waals surface area contributed by atoms with Gasteiger partial charge in [0.1, 0.15) is 0 Å². The summed E-state index contributed by atoms with van der Waals surface area (Å²) in [5, 5.41) is 3.69. The Morgan fingerprint density at radius 3 is 2.67 bits per heavy atom. The standard InChI is InChI=1S/C6H14N3/c1-3-4-5-9-6(7)8-2/h3-5H2,1-2H3,(H2,7,9). The molecule has 3 nitrogen and oxygen atoms in total. The summed E-state index contributed by atoms with van der Waals surface area (Å²) < 4.78 is 0. The average Bonchev–Trinajstić information content (AvgIpc) is 1.89. The SMILES string of the molecule is CCCCN=C(N)[N]C. The number of unbranched alkanes of at least 4 members (excludes halogenated alkanes) is 1. The molecular formula is C6H14N3. The highest BCUT2D eigenvalue weighted by molar-refractivity contribution is 5.77. The Labute approximate surface area is 56.3 Å². The first kappa shape index (κ1) is 8.27. The molecular weight excluding hydrogens is 114 g/mol. The van der Waals surface area contributed by atoms with Crippen molar-refractivity contribution in [3.05, 3.63) is 0 Å². The number of guanidine groups is 1. The van der Waals surface area contributed by atoms with E-state index in [1.807, 2.05) is 0 Å². The van der Waals surface area contributed by atoms with Gasteiger partial charge in [-0.3, -0.25) is 10.3 Å². The summed E-state index contributed by atoms with van der Waals surface area (Å²) in [5.74, 6) is 0.406. The van der Waals surface area contributed by atoms with Crippen LogP contribution in [0.15, 0.2) is 4.99 Å². The molecule has 2 N–H and O–H groups in total. The van der Waals surface area contributed by atoms with Crippen molar-refractivity contribution in [2.24, 2.45) is 10.7 Å². The number of hydrogen-bond acceptors (Lipinski definition) is 1. The molecule has 0 amide bonds. The van der Waals surface area contributed by atoms with Crippen LogP contribution in [0.25, 0.3) is 0 Å². The van der Waals surface area contributed by atoms with Crippen molar-refractivity contribution in [1.29, 1.82) is 0 Å². The predicted molar refractivity (Wildman–Crippen MR) is 39.5 cm³/mol. The zero-order valence-electron chi connectivity index (χ0n) is 6.09. The van der Waals surface area contributed by atoms with Crippen LogP contribution in [0, 0.1) is 0 Å². The van der Waals surface area contributed by atoms with Crippen LogP contribution in [0.2, 0.25) is 0 Å². The molecule has 0 rings (SSSR count). The molecule has 0 unspecified atom stereocenters. The quantitative estimate of drug-likeness (QED) is 0.332. The molecule has 0 saturated heterocycles. The number of nitrogens with zero attached hydrogens (tertiary/aromatic N) is 2. The number of nitrogens with two attached hydrogens (primary N) is 1. The molecule has 0 aromatic carbocycles. The largest absolute Gasteiger partial charge is 0.368 e. The lowest BCUT2D eigenvalue weighted by molar-refractivity contribution is 0.802. The summed E-state index contributed by atoms with van der Waals surface area (Å²) in [6.07, 6.45) is 2.25. The van der Waals surface area contributed by atoms with Crippen LogP contribution in [-0.4, -0.2) is 19.6 Å². The minimum Gasteiger partial charge on any atom is -0.368 e. The zero-order valence-corrected chi connectivity index (χ0v) is 6.09. The van der Waals surface area contributed by atoms with Gasteiger partial charge in [0, 0.05) is 13.6 Å². The second-order valence-corrected chi connectivity index (χ2v) is 1.82. The van der Waals surface area contributed by atoms with E-state index in [9.17, 15) is 0 Å². The number of hydrogen-bond donors (Lipinski definition) is 1. The third kappa shape index (κ3) is 5.14. The Morgan fingerprint density at radius 2 is 2.22 bits per heavy atom. The molecule has 0 saturated carbocycles. The minimum absolute atomic E-state index is 0.406. The lowest BCUT2D eigenvalue weighted by Gasteiger charge is -1.93. The molecule has 53 valence electrons. The van der Waals surface area contributed by atoms with Crippen LogP contribution >= 0.6 is 0 Å². The van der Waals surface area contributed by atoms with Gasteiger partial charge in [0.25, 0.3) is 0 Å². The summed E-state index contributed by atoms with van der Waals surface area (Å²) in [6, 6.07) is 0. The maximum absolute atomic E-state index is 5.30. The van der Waals surface area contributed by atoms with E-state index in [4.69, 9.17) is 5.73 Å². The third-order valence-corrected chi connectivity index (χ3v) is 1.01. The fourth-order valence-corrected chi connectivity index (χ4v) is 0.422. The summed E-state index contributed by atoms with van der Waals surface area (Å²) in [4.78, 5) is 3.96. The smallest absolute Gasteiger partial charge is 0.210 e. The van der Waals surface area contributed by atoms with Crippen molar-refractivity contribution in [3.8, 4) is 0 Å². The van der Waals surface area contributed by atoms with Gasteiger partial charge >= 0.3 is 0 Å². The average molecular weight is 128 g/mol. The van der Waals surface area contributed by atoms with E-state index < -0.39 is 0 Å². The summed E-state index contributed by atoms with van der Waals surface area (Å²) in [7, 11) is 1.64. The lowest BCUT2D eigenvalue weighted by Crippen LogP contribution is -2.21. The van der Waals surface area contributed by atoms with E-state index in [0.29, 0.717) is 5.96 Å². The number of rotatable bonds is 3. The van der Waals surface area contributed by atoms with Gasteiger partial charge < -0.3 is 5.73 Å². The van der Waals surface area contributed by atoms with Crippen LogP contribution in [0.4, 0.5) is 0 Å². The van der Waals surface area contributed by atoms with Gasteiger partial charge in [-0.25, -0.2) is 0 Å². The normalized spacial score (nSPS) is 11.6. The summed E-state index contributed by atoms with van der Waals surface area (Å²) in [5.41, 5.74) is 5.30. The first-order chi connectivity index (χ1) is 4.31. The Morgan fingerprint density at radius 1 is 1.56 bits per heavy atom. The predicted octanol–water partition coefficient (Wildman–Crippen LogP) is 0.335. The Bertz CT molecular complexity index is 88.3. The van der Waals surface area contributed by atoms with Crippen molar-refractivity contribution >= 4 is 5.96 Å². The van der Waals surface area contributed by atoms with Crippen molar-refractivity contribution in [3.63, 3.8) is 0 Å². The summed E-state index contributed by atoms with van der Waals surface area (Å²) >= 11 is 0. The van der Waals surface area contributed by atoms with Crippen LogP contribution < -0.4 is 11.1 Å². The van der Waals surface area contributed by atoms with Gasteiger partial charge in [-0.1, -0.05) is 13.3 Å². The second kappa shape index (κ2) is 5.41. The molecule has 0 aliphatic carbocycles. The molecule has 0 heterocycles. The van der Waals surface area contributed by atoms with Gasteiger partial charge in [-0.15, -0.1) is 0 Å². The van der Waals surface area contributed by atoms with Crippen LogP contribution in [0.5, 0.6) is 0 Å². The van der Waals surface area contributed by atoms with Gasteiger partial charge in [-0.2, -0.15) is 0 Å². The van der Waals surface area contributed by atoms with Gasteiger partial charge in [0.15, 0.2) is 0 Å². The topological polar surface area (TPSA) is 52.5 Å². The van der Waals surface area contributed by atoms with Crippen molar-refractivity contribution in [1.82, 2.24) is 5.32 Å². The summed E-state index contributed by atoms with van der Waals surface area (Å²) in [6.45, 7) is 2.93. The highest BCUT2D eigenvalue weighted by Crippen LogP contribution is 1.85. The first-order valence-electron chi connectivity index (χ1n) is 3.21. The van der Waals surface area contributed by atoms with Crippen molar-refractivity contribution in [2.45, 2.75) is 19.8 Å². The number of aliphatic imine (C=N–C) groups is 1. The lowest BCUT2D eigenvalue weighted by atomic mass is 10.3. The van der Waals surface area contributed by atoms with Crippen LogP contribution in [-0.2, 0) is 0 Å². The van der Waals surface area contributed by atoms with E-state index in [1.165, 1.54) is 0 Å². The van der Waals surface area contributed by atoms with Crippen molar-refractivity contribution in [2.75, 3.05) is 13.6 Å². The highest BCUT2D eigenvalue weighted by atomic mass is 15.1. The van der Waals surface area contributed by atoms with Crippen LogP contribution in [0.3, 0.4) is 0 Å². The molecule has 0 bridgehead atoms. The maximum Gasteiger partial charge on any atom is 0.210 e. The van der Waals surface area contributed by atoms with E-state index in [-0.39, 0.29) is 0 Å². The second-order valence-electron chi connectivity index (χ2n) is 1.82. The van der Waals surface area contributed by atoms with Gasteiger partial charge in [0.2, 0.25) is 5.96 Å². The van der Waals surface area contributed by atoms with E-state index >= 15 is 0 Å². The van der Waals surface area contributed by atoms with Gasteiger partial charge in [-0.05, 0) is 6.42 Å². The molecule has 0 aromatic heterocycles. The highest BCUT2D eigenvalue weighted by Gasteiger charge is 1.84. The molecule has 3 heteroatoms.